The molecule has 0 aliphatic heterocycles. The molecule has 0 fully saturated rings. The molecule has 0 N–H and O–H groups in total. The standard InChI is InChI=1S/C6H13O.C2H5.Sn/c1-2-3-4-5-6-7;1-2;/h2-6H2,1H3;1H2,2H3;/q-1;;+1. The molecule has 0 aliphatic rings. The molecule has 0 heterocycles. The monoisotopic (exact) mass is 250 g/mol. The molecule has 0 saturated heterocycles. The summed E-state index contributed by atoms with van der Waals surface area (Å²) in [5.41, 5.74) is 0. The van der Waals surface area contributed by atoms with Crippen LogP contribution in [-0.4, -0.2) is 28.2 Å². The van der Waals surface area contributed by atoms with Crippen LogP contribution in [0.25, 0.3) is 0 Å². The Morgan fingerprint density at radius 2 is 1.90 bits per heavy atom. The SMILES string of the molecule is CCCCCC[O][Sn][CH2]C. The van der Waals surface area contributed by atoms with Crippen LogP contribution in [-0.2, 0) is 3.07 Å². The minimum absolute atomic E-state index is 0.348. The predicted molar refractivity (Wildman–Crippen MR) is 46.3 cm³/mol. The summed E-state index contributed by atoms with van der Waals surface area (Å²) in [5.74, 6) is 0. The fraction of sp³-hybridized carbons (Fsp3) is 1.00. The van der Waals surface area contributed by atoms with E-state index in [1.165, 1.54) is 30.1 Å². The molecule has 0 atom stereocenters. The molecule has 0 aromatic heterocycles. The van der Waals surface area contributed by atoms with Gasteiger partial charge in [0.15, 0.2) is 0 Å². The van der Waals surface area contributed by atoms with Crippen LogP contribution in [0, 0.1) is 0 Å². The molecule has 0 spiro atoms. The van der Waals surface area contributed by atoms with Crippen LogP contribution in [0.3, 0.4) is 0 Å². The molecule has 2 heteroatoms. The molecule has 0 aromatic carbocycles. The number of hydrogen-bond acceptors (Lipinski definition) is 1. The van der Waals surface area contributed by atoms with Gasteiger partial charge in [0, 0.05) is 0 Å². The van der Waals surface area contributed by atoms with Crippen molar-refractivity contribution in [1.82, 2.24) is 0 Å². The van der Waals surface area contributed by atoms with Gasteiger partial charge in [0.2, 0.25) is 0 Å². The van der Waals surface area contributed by atoms with Crippen molar-refractivity contribution in [2.24, 2.45) is 0 Å². The Morgan fingerprint density at radius 1 is 1.10 bits per heavy atom. The Kier molecular flexibility index (Phi) is 10.5. The zero-order valence-electron chi connectivity index (χ0n) is 7.15. The molecule has 2 radical (unpaired) electrons. The van der Waals surface area contributed by atoms with Crippen molar-refractivity contribution in [1.29, 1.82) is 0 Å². The molecule has 0 unspecified atom stereocenters. The zero-order valence-corrected chi connectivity index (χ0v) is 10.0. The normalized spacial score (nSPS) is 10.2. The first-order valence-electron chi connectivity index (χ1n) is 4.26. The van der Waals surface area contributed by atoms with Gasteiger partial charge in [-0.1, -0.05) is 0 Å². The summed E-state index contributed by atoms with van der Waals surface area (Å²) in [6.45, 7) is 5.50. The van der Waals surface area contributed by atoms with Crippen molar-refractivity contribution >= 4 is 21.6 Å². The van der Waals surface area contributed by atoms with Crippen LogP contribution < -0.4 is 0 Å². The van der Waals surface area contributed by atoms with Crippen molar-refractivity contribution in [3.8, 4) is 0 Å². The summed E-state index contributed by atoms with van der Waals surface area (Å²) >= 11 is -0.348. The van der Waals surface area contributed by atoms with Crippen molar-refractivity contribution in [3.63, 3.8) is 0 Å². The van der Waals surface area contributed by atoms with Crippen LogP contribution >= 0.6 is 0 Å². The van der Waals surface area contributed by atoms with Crippen LogP contribution in [0.4, 0.5) is 0 Å². The molecule has 60 valence electrons. The third-order valence-electron chi connectivity index (χ3n) is 1.35. The summed E-state index contributed by atoms with van der Waals surface area (Å²) in [6.07, 6.45) is 5.35. The van der Waals surface area contributed by atoms with E-state index in [-0.39, 0.29) is 21.6 Å². The zero-order chi connectivity index (χ0) is 7.66. The first kappa shape index (κ1) is 10.8. The van der Waals surface area contributed by atoms with Gasteiger partial charge < -0.3 is 0 Å². The quantitative estimate of drug-likeness (QED) is 0.497. The van der Waals surface area contributed by atoms with E-state index < -0.39 is 0 Å². The second-order valence-electron chi connectivity index (χ2n) is 2.41. The van der Waals surface area contributed by atoms with Crippen molar-refractivity contribution in [3.05, 3.63) is 0 Å². The van der Waals surface area contributed by atoms with E-state index in [4.69, 9.17) is 3.07 Å². The maximum absolute atomic E-state index is 5.50. The fourth-order valence-corrected chi connectivity index (χ4v) is 2.18. The second-order valence-corrected chi connectivity index (χ2v) is 6.07. The van der Waals surface area contributed by atoms with Gasteiger partial charge in [-0.2, -0.15) is 0 Å². The third kappa shape index (κ3) is 8.76. The first-order valence-corrected chi connectivity index (χ1v) is 7.44. The Morgan fingerprint density at radius 3 is 2.50 bits per heavy atom. The topological polar surface area (TPSA) is 9.23 Å². The van der Waals surface area contributed by atoms with E-state index in [1.807, 2.05) is 0 Å². The molecular weight excluding hydrogens is 231 g/mol. The summed E-state index contributed by atoms with van der Waals surface area (Å²) < 4.78 is 6.82. The molecule has 10 heavy (non-hydrogen) atoms. The number of unbranched alkanes of at least 4 members (excludes halogenated alkanes) is 3. The summed E-state index contributed by atoms with van der Waals surface area (Å²) in [7, 11) is 0. The molecule has 1 nitrogen and oxygen atoms in total. The van der Waals surface area contributed by atoms with Gasteiger partial charge in [0.05, 0.1) is 0 Å². The Balaban J connectivity index is 2.65. The average molecular weight is 249 g/mol. The fourth-order valence-electron chi connectivity index (χ4n) is 0.775. The second kappa shape index (κ2) is 9.76. The van der Waals surface area contributed by atoms with Gasteiger partial charge in [0.1, 0.15) is 0 Å². The molecule has 0 saturated carbocycles. The van der Waals surface area contributed by atoms with Crippen LogP contribution in [0.2, 0.25) is 4.44 Å². The van der Waals surface area contributed by atoms with Crippen LogP contribution in [0.5, 0.6) is 0 Å². The van der Waals surface area contributed by atoms with E-state index >= 15 is 0 Å². The predicted octanol–water partition coefficient (Wildman–Crippen LogP) is 2.64. The molecule has 0 aliphatic carbocycles. The Hall–Kier alpha value is 0.759. The summed E-state index contributed by atoms with van der Waals surface area (Å²) in [6, 6.07) is 0. The summed E-state index contributed by atoms with van der Waals surface area (Å²) in [5, 5.41) is 0. The van der Waals surface area contributed by atoms with Gasteiger partial charge >= 0.3 is 75.2 Å². The van der Waals surface area contributed by atoms with E-state index in [9.17, 15) is 0 Å². The maximum atomic E-state index is 5.50. The number of rotatable bonds is 7. The van der Waals surface area contributed by atoms with Gasteiger partial charge in [-0.05, 0) is 0 Å². The van der Waals surface area contributed by atoms with E-state index in [0.29, 0.717) is 0 Å². The van der Waals surface area contributed by atoms with Gasteiger partial charge in [-0.25, -0.2) is 0 Å². The molecule has 0 amide bonds. The van der Waals surface area contributed by atoms with Gasteiger partial charge in [-0.15, -0.1) is 0 Å². The summed E-state index contributed by atoms with van der Waals surface area (Å²) in [4.78, 5) is 0. The molecule has 0 rings (SSSR count). The van der Waals surface area contributed by atoms with Crippen LogP contribution in [0.15, 0.2) is 0 Å². The van der Waals surface area contributed by atoms with Gasteiger partial charge in [0.25, 0.3) is 0 Å². The van der Waals surface area contributed by atoms with E-state index in [2.05, 4.69) is 13.8 Å². The first-order chi connectivity index (χ1) is 4.91. The molecule has 0 bridgehead atoms. The average Bonchev–Trinajstić information content (AvgIpc) is 1.97. The third-order valence-corrected chi connectivity index (χ3v) is 3.34. The Labute approximate surface area is 75.3 Å². The van der Waals surface area contributed by atoms with E-state index in [1.54, 1.807) is 0 Å². The number of hydrogen-bond donors (Lipinski definition) is 0. The van der Waals surface area contributed by atoms with Crippen molar-refractivity contribution in [2.45, 2.75) is 44.0 Å². The minimum atomic E-state index is -0.348. The van der Waals surface area contributed by atoms with E-state index in [0.717, 1.165) is 6.61 Å². The van der Waals surface area contributed by atoms with Crippen molar-refractivity contribution in [2.75, 3.05) is 6.61 Å². The van der Waals surface area contributed by atoms with Crippen LogP contribution in [0.1, 0.15) is 39.5 Å². The van der Waals surface area contributed by atoms with Gasteiger partial charge in [-0.3, -0.25) is 0 Å². The Bertz CT molecular complexity index is 49.2. The van der Waals surface area contributed by atoms with Crippen molar-refractivity contribution < 1.29 is 3.07 Å². The molecule has 0 aromatic rings. The molecular formula is C8H18OSn.